The van der Waals surface area contributed by atoms with Crippen molar-refractivity contribution in [3.05, 3.63) is 17.7 Å². The van der Waals surface area contributed by atoms with E-state index in [0.717, 1.165) is 12.1 Å². The van der Waals surface area contributed by atoms with Crippen molar-refractivity contribution in [1.29, 1.82) is 0 Å². The molecule has 1 atom stereocenters. The van der Waals surface area contributed by atoms with Gasteiger partial charge in [-0.05, 0) is 24.1 Å². The Morgan fingerprint density at radius 3 is 2.25 bits per heavy atom. The lowest BCUT2D eigenvalue weighted by atomic mass is 10.0. The van der Waals surface area contributed by atoms with E-state index in [0.29, 0.717) is 30.2 Å². The van der Waals surface area contributed by atoms with Crippen LogP contribution in [0.1, 0.15) is 5.56 Å². The molecule has 1 aromatic rings. The fourth-order valence-electron chi connectivity index (χ4n) is 2.30. The molecule has 0 spiro atoms. The molecule has 1 aliphatic rings. The van der Waals surface area contributed by atoms with Crippen LogP contribution in [-0.4, -0.2) is 46.4 Å². The standard InChI is InChI=1S/C14H20N2O4/c1-18-11-7-9(8-12(19-2)13(11)20-3)6-10-14(17)16-5-4-15-10/h7-8,10,15H,4-6H2,1-3H3,(H,16,17)/t10-/m0/s1. The number of benzene rings is 1. The van der Waals surface area contributed by atoms with Crippen molar-refractivity contribution in [3.8, 4) is 17.2 Å². The van der Waals surface area contributed by atoms with E-state index in [2.05, 4.69) is 10.6 Å². The van der Waals surface area contributed by atoms with Crippen molar-refractivity contribution in [2.24, 2.45) is 0 Å². The number of rotatable bonds is 5. The van der Waals surface area contributed by atoms with Gasteiger partial charge in [0.15, 0.2) is 11.5 Å². The molecule has 20 heavy (non-hydrogen) atoms. The number of ether oxygens (including phenoxy) is 3. The molecule has 2 N–H and O–H groups in total. The van der Waals surface area contributed by atoms with Crippen molar-refractivity contribution in [2.75, 3.05) is 34.4 Å². The van der Waals surface area contributed by atoms with Crippen molar-refractivity contribution in [3.63, 3.8) is 0 Å². The SMILES string of the molecule is COc1cc(C[C@@H]2NCCNC2=O)cc(OC)c1OC. The second-order valence-corrected chi connectivity index (χ2v) is 4.54. The molecule has 6 heteroatoms. The summed E-state index contributed by atoms with van der Waals surface area (Å²) < 4.78 is 15.9. The average Bonchev–Trinajstić information content (AvgIpc) is 2.48. The van der Waals surface area contributed by atoms with Gasteiger partial charge in [-0.15, -0.1) is 0 Å². The van der Waals surface area contributed by atoms with Crippen molar-refractivity contribution in [1.82, 2.24) is 10.6 Å². The van der Waals surface area contributed by atoms with Gasteiger partial charge in [0.2, 0.25) is 11.7 Å². The Balaban J connectivity index is 2.25. The number of nitrogens with one attached hydrogen (secondary N) is 2. The van der Waals surface area contributed by atoms with Gasteiger partial charge in [-0.1, -0.05) is 0 Å². The van der Waals surface area contributed by atoms with Crippen LogP contribution in [0, 0.1) is 0 Å². The topological polar surface area (TPSA) is 68.8 Å². The van der Waals surface area contributed by atoms with E-state index in [1.54, 1.807) is 21.3 Å². The molecule has 0 radical (unpaired) electrons. The summed E-state index contributed by atoms with van der Waals surface area (Å²) in [4.78, 5) is 11.8. The Morgan fingerprint density at radius 1 is 1.10 bits per heavy atom. The first-order valence-corrected chi connectivity index (χ1v) is 6.49. The second-order valence-electron chi connectivity index (χ2n) is 4.54. The van der Waals surface area contributed by atoms with E-state index in [4.69, 9.17) is 14.2 Å². The minimum Gasteiger partial charge on any atom is -0.493 e. The molecule has 0 aromatic heterocycles. The van der Waals surface area contributed by atoms with Crippen molar-refractivity contribution in [2.45, 2.75) is 12.5 Å². The van der Waals surface area contributed by atoms with Gasteiger partial charge in [-0.2, -0.15) is 0 Å². The van der Waals surface area contributed by atoms with Crippen LogP contribution in [0.5, 0.6) is 17.2 Å². The highest BCUT2D eigenvalue weighted by molar-refractivity contribution is 5.82. The number of carbonyl (C=O) groups is 1. The lowest BCUT2D eigenvalue weighted by Gasteiger charge is -2.24. The minimum atomic E-state index is -0.230. The Kier molecular flexibility index (Phi) is 4.68. The molecular formula is C14H20N2O4. The van der Waals surface area contributed by atoms with Gasteiger partial charge < -0.3 is 24.8 Å². The maximum Gasteiger partial charge on any atom is 0.237 e. The van der Waals surface area contributed by atoms with Gasteiger partial charge >= 0.3 is 0 Å². The van der Waals surface area contributed by atoms with Gasteiger partial charge in [-0.25, -0.2) is 0 Å². The van der Waals surface area contributed by atoms with Gasteiger partial charge in [0.1, 0.15) is 0 Å². The maximum atomic E-state index is 11.8. The summed E-state index contributed by atoms with van der Waals surface area (Å²) in [6.45, 7) is 1.45. The molecule has 0 saturated carbocycles. The zero-order valence-corrected chi connectivity index (χ0v) is 12.0. The van der Waals surface area contributed by atoms with Crippen LogP contribution in [-0.2, 0) is 11.2 Å². The first-order valence-electron chi connectivity index (χ1n) is 6.49. The summed E-state index contributed by atoms with van der Waals surface area (Å²) in [5.41, 5.74) is 0.953. The summed E-state index contributed by atoms with van der Waals surface area (Å²) >= 11 is 0. The van der Waals surface area contributed by atoms with Crippen molar-refractivity contribution >= 4 is 5.91 Å². The molecular weight excluding hydrogens is 260 g/mol. The highest BCUT2D eigenvalue weighted by Crippen LogP contribution is 2.38. The third kappa shape index (κ3) is 2.96. The molecule has 0 unspecified atom stereocenters. The van der Waals surface area contributed by atoms with Crippen LogP contribution in [0.2, 0.25) is 0 Å². The van der Waals surface area contributed by atoms with Crippen LogP contribution in [0.25, 0.3) is 0 Å². The quantitative estimate of drug-likeness (QED) is 0.814. The molecule has 1 heterocycles. The first kappa shape index (κ1) is 14.5. The molecule has 1 aliphatic heterocycles. The molecule has 1 aromatic carbocycles. The Bertz CT molecular complexity index is 465. The fourth-order valence-corrected chi connectivity index (χ4v) is 2.30. The average molecular weight is 280 g/mol. The van der Waals surface area contributed by atoms with Crippen LogP contribution in [0.15, 0.2) is 12.1 Å². The first-order chi connectivity index (χ1) is 9.69. The number of amides is 1. The Labute approximate surface area is 118 Å². The number of hydrogen-bond donors (Lipinski definition) is 2. The maximum absolute atomic E-state index is 11.8. The minimum absolute atomic E-state index is 0.0185. The van der Waals surface area contributed by atoms with Gasteiger partial charge in [0.05, 0.1) is 27.4 Å². The second kappa shape index (κ2) is 6.47. The molecule has 2 rings (SSSR count). The lowest BCUT2D eigenvalue weighted by molar-refractivity contribution is -0.124. The van der Waals surface area contributed by atoms with Crippen LogP contribution in [0.4, 0.5) is 0 Å². The third-order valence-corrected chi connectivity index (χ3v) is 3.30. The summed E-state index contributed by atoms with van der Waals surface area (Å²) in [5, 5.41) is 6.04. The number of methoxy groups -OCH3 is 3. The van der Waals surface area contributed by atoms with Gasteiger partial charge in [0, 0.05) is 13.1 Å². The number of carbonyl (C=O) groups excluding carboxylic acids is 1. The normalized spacial score (nSPS) is 18.4. The highest BCUT2D eigenvalue weighted by atomic mass is 16.5. The zero-order chi connectivity index (χ0) is 14.5. The summed E-state index contributed by atoms with van der Waals surface area (Å²) in [6, 6.07) is 3.50. The fraction of sp³-hybridized carbons (Fsp3) is 0.500. The molecule has 110 valence electrons. The predicted molar refractivity (Wildman–Crippen MR) is 74.6 cm³/mol. The van der Waals surface area contributed by atoms with Crippen LogP contribution in [0.3, 0.4) is 0 Å². The van der Waals surface area contributed by atoms with E-state index in [-0.39, 0.29) is 11.9 Å². The predicted octanol–water partition coefficient (Wildman–Crippen LogP) is 0.343. The third-order valence-electron chi connectivity index (χ3n) is 3.30. The van der Waals surface area contributed by atoms with E-state index in [1.165, 1.54) is 0 Å². The Hall–Kier alpha value is -1.95. The van der Waals surface area contributed by atoms with E-state index in [9.17, 15) is 4.79 Å². The lowest BCUT2D eigenvalue weighted by Crippen LogP contribution is -2.53. The number of hydrogen-bond acceptors (Lipinski definition) is 5. The number of piperazine rings is 1. The summed E-state index contributed by atoms with van der Waals surface area (Å²) in [7, 11) is 4.72. The molecule has 0 aliphatic carbocycles. The Morgan fingerprint density at radius 2 is 1.75 bits per heavy atom. The molecule has 1 amide bonds. The van der Waals surface area contributed by atoms with Crippen LogP contribution >= 0.6 is 0 Å². The molecule has 6 nitrogen and oxygen atoms in total. The van der Waals surface area contributed by atoms with E-state index < -0.39 is 0 Å². The van der Waals surface area contributed by atoms with E-state index >= 15 is 0 Å². The molecule has 0 bridgehead atoms. The van der Waals surface area contributed by atoms with Crippen LogP contribution < -0.4 is 24.8 Å². The smallest absolute Gasteiger partial charge is 0.237 e. The summed E-state index contributed by atoms with van der Waals surface area (Å²) in [6.07, 6.45) is 0.572. The molecule has 1 fully saturated rings. The monoisotopic (exact) mass is 280 g/mol. The van der Waals surface area contributed by atoms with Gasteiger partial charge in [0.25, 0.3) is 0 Å². The van der Waals surface area contributed by atoms with Crippen molar-refractivity contribution < 1.29 is 19.0 Å². The van der Waals surface area contributed by atoms with Gasteiger partial charge in [-0.3, -0.25) is 4.79 Å². The largest absolute Gasteiger partial charge is 0.493 e. The highest BCUT2D eigenvalue weighted by Gasteiger charge is 2.23. The summed E-state index contributed by atoms with van der Waals surface area (Å²) in [5.74, 6) is 1.76. The zero-order valence-electron chi connectivity index (χ0n) is 12.0. The van der Waals surface area contributed by atoms with E-state index in [1.807, 2.05) is 12.1 Å². The molecule has 1 saturated heterocycles.